The molecule has 1 aromatic rings. The van der Waals surface area contributed by atoms with Crippen molar-refractivity contribution in [2.75, 3.05) is 13.2 Å². The van der Waals surface area contributed by atoms with E-state index in [2.05, 4.69) is 64.2 Å². The molecule has 0 spiro atoms. The van der Waals surface area contributed by atoms with E-state index in [4.69, 9.17) is 4.74 Å². The summed E-state index contributed by atoms with van der Waals surface area (Å²) in [6.07, 6.45) is 1.50. The molecule has 0 aromatic heterocycles. The summed E-state index contributed by atoms with van der Waals surface area (Å²) in [4.78, 5) is 0. The van der Waals surface area contributed by atoms with Crippen molar-refractivity contribution in [3.63, 3.8) is 0 Å². The third kappa shape index (κ3) is 3.42. The minimum atomic E-state index is 0.218. The zero-order valence-electron chi connectivity index (χ0n) is 13.6. The molecule has 1 saturated heterocycles. The Morgan fingerprint density at radius 3 is 2.35 bits per heavy atom. The Bertz CT molecular complexity index is 418. The van der Waals surface area contributed by atoms with Gasteiger partial charge in [-0.15, -0.1) is 0 Å². The van der Waals surface area contributed by atoms with Gasteiger partial charge in [0.2, 0.25) is 0 Å². The van der Waals surface area contributed by atoms with Gasteiger partial charge in [0.25, 0.3) is 0 Å². The second kappa shape index (κ2) is 6.28. The van der Waals surface area contributed by atoms with Crippen LogP contribution in [-0.2, 0) is 10.2 Å². The molecule has 1 N–H and O–H groups in total. The fraction of sp³-hybridized carbons (Fsp3) is 0.667. The average molecular weight is 275 g/mol. The van der Waals surface area contributed by atoms with Gasteiger partial charge in [-0.3, -0.25) is 0 Å². The molecule has 2 nitrogen and oxygen atoms in total. The normalized spacial score (nSPS) is 24.9. The molecule has 1 aromatic carbocycles. The van der Waals surface area contributed by atoms with Crippen LogP contribution in [0.3, 0.4) is 0 Å². The molecule has 2 heteroatoms. The Kier molecular flexibility index (Phi) is 4.87. The quantitative estimate of drug-likeness (QED) is 0.894. The molecule has 3 unspecified atom stereocenters. The van der Waals surface area contributed by atoms with Crippen LogP contribution in [-0.4, -0.2) is 19.3 Å². The van der Waals surface area contributed by atoms with E-state index >= 15 is 0 Å². The molecule has 3 atom stereocenters. The van der Waals surface area contributed by atoms with Crippen LogP contribution < -0.4 is 5.32 Å². The van der Waals surface area contributed by atoms with Gasteiger partial charge < -0.3 is 10.1 Å². The van der Waals surface area contributed by atoms with Crippen LogP contribution in [0.4, 0.5) is 0 Å². The number of hydrogen-bond acceptors (Lipinski definition) is 2. The van der Waals surface area contributed by atoms with Gasteiger partial charge in [0.1, 0.15) is 0 Å². The molecular weight excluding hydrogens is 246 g/mol. The Balaban J connectivity index is 2.21. The van der Waals surface area contributed by atoms with Crippen molar-refractivity contribution in [1.82, 2.24) is 5.32 Å². The topological polar surface area (TPSA) is 21.3 Å². The highest BCUT2D eigenvalue weighted by Gasteiger charge is 2.32. The molecule has 1 fully saturated rings. The summed E-state index contributed by atoms with van der Waals surface area (Å²) < 4.78 is 5.75. The molecule has 0 bridgehead atoms. The second-order valence-corrected chi connectivity index (χ2v) is 6.94. The van der Waals surface area contributed by atoms with Gasteiger partial charge in [-0.25, -0.2) is 0 Å². The zero-order valence-corrected chi connectivity index (χ0v) is 13.6. The van der Waals surface area contributed by atoms with Gasteiger partial charge in [0, 0.05) is 18.6 Å². The number of ether oxygens (including phenoxy) is 1. The first kappa shape index (κ1) is 15.5. The summed E-state index contributed by atoms with van der Waals surface area (Å²) in [5.41, 5.74) is 3.00. The van der Waals surface area contributed by atoms with Crippen molar-refractivity contribution in [3.8, 4) is 0 Å². The Morgan fingerprint density at radius 1 is 1.25 bits per heavy atom. The van der Waals surface area contributed by atoms with E-state index < -0.39 is 0 Å². The van der Waals surface area contributed by atoms with Crippen LogP contribution in [0, 0.1) is 5.92 Å². The van der Waals surface area contributed by atoms with Crippen LogP contribution >= 0.6 is 0 Å². The lowest BCUT2D eigenvalue weighted by Gasteiger charge is -2.28. The highest BCUT2D eigenvalue weighted by molar-refractivity contribution is 5.30. The van der Waals surface area contributed by atoms with Crippen molar-refractivity contribution in [3.05, 3.63) is 35.4 Å². The maximum Gasteiger partial charge on any atom is 0.0594 e. The Labute approximate surface area is 123 Å². The van der Waals surface area contributed by atoms with Gasteiger partial charge in [-0.1, -0.05) is 52.0 Å². The number of nitrogens with one attached hydrogen (secondary N) is 1. The van der Waals surface area contributed by atoms with Crippen molar-refractivity contribution in [2.45, 2.75) is 58.6 Å². The summed E-state index contributed by atoms with van der Waals surface area (Å²) in [5, 5.41) is 3.65. The molecular formula is C18H29NO. The highest BCUT2D eigenvalue weighted by Crippen LogP contribution is 2.34. The van der Waals surface area contributed by atoms with Gasteiger partial charge in [0.15, 0.2) is 0 Å². The predicted molar refractivity (Wildman–Crippen MR) is 85.1 cm³/mol. The molecule has 2 rings (SSSR count). The summed E-state index contributed by atoms with van der Waals surface area (Å²) in [6, 6.07) is 9.55. The lowest BCUT2D eigenvalue weighted by molar-refractivity contribution is 0.0956. The SMILES string of the molecule is CCNC(c1ccc(C(C)(C)C)cc1)C1CCOC1C. The fourth-order valence-corrected chi connectivity index (χ4v) is 3.11. The first-order valence-corrected chi connectivity index (χ1v) is 7.89. The summed E-state index contributed by atoms with van der Waals surface area (Å²) in [5.74, 6) is 0.579. The minimum Gasteiger partial charge on any atom is -0.378 e. The molecule has 1 aliphatic heterocycles. The Hall–Kier alpha value is -0.860. The van der Waals surface area contributed by atoms with Crippen molar-refractivity contribution in [2.24, 2.45) is 5.92 Å². The third-order valence-electron chi connectivity index (χ3n) is 4.42. The van der Waals surface area contributed by atoms with Crippen molar-refractivity contribution < 1.29 is 4.74 Å². The van der Waals surface area contributed by atoms with Crippen LogP contribution in [0.2, 0.25) is 0 Å². The van der Waals surface area contributed by atoms with Crippen LogP contribution in [0.5, 0.6) is 0 Å². The first-order valence-electron chi connectivity index (χ1n) is 7.89. The lowest BCUT2D eigenvalue weighted by Crippen LogP contribution is -2.31. The third-order valence-corrected chi connectivity index (χ3v) is 4.42. The van der Waals surface area contributed by atoms with E-state index in [1.807, 2.05) is 0 Å². The smallest absolute Gasteiger partial charge is 0.0594 e. The maximum absolute atomic E-state index is 5.75. The maximum atomic E-state index is 5.75. The van der Waals surface area contributed by atoms with Gasteiger partial charge in [-0.2, -0.15) is 0 Å². The van der Waals surface area contributed by atoms with E-state index in [0.717, 1.165) is 19.6 Å². The predicted octanol–water partition coefficient (Wildman–Crippen LogP) is 4.06. The highest BCUT2D eigenvalue weighted by atomic mass is 16.5. The average Bonchev–Trinajstić information content (AvgIpc) is 2.81. The second-order valence-electron chi connectivity index (χ2n) is 6.94. The molecule has 0 radical (unpaired) electrons. The first-order chi connectivity index (χ1) is 9.43. The van der Waals surface area contributed by atoms with Crippen molar-refractivity contribution in [1.29, 1.82) is 0 Å². The molecule has 1 aliphatic rings. The number of hydrogen-bond donors (Lipinski definition) is 1. The zero-order chi connectivity index (χ0) is 14.8. The molecule has 20 heavy (non-hydrogen) atoms. The van der Waals surface area contributed by atoms with Gasteiger partial charge >= 0.3 is 0 Å². The van der Waals surface area contributed by atoms with Gasteiger partial charge in [-0.05, 0) is 36.4 Å². The number of benzene rings is 1. The fourth-order valence-electron chi connectivity index (χ4n) is 3.11. The van der Waals surface area contributed by atoms with E-state index in [-0.39, 0.29) is 5.41 Å². The summed E-state index contributed by atoms with van der Waals surface area (Å²) in [7, 11) is 0. The van der Waals surface area contributed by atoms with Gasteiger partial charge in [0.05, 0.1) is 6.10 Å². The lowest BCUT2D eigenvalue weighted by atomic mass is 9.84. The van der Waals surface area contributed by atoms with E-state index in [0.29, 0.717) is 18.1 Å². The van der Waals surface area contributed by atoms with Crippen LogP contribution in [0.25, 0.3) is 0 Å². The van der Waals surface area contributed by atoms with Crippen LogP contribution in [0.1, 0.15) is 58.2 Å². The van der Waals surface area contributed by atoms with E-state index in [1.54, 1.807) is 0 Å². The van der Waals surface area contributed by atoms with E-state index in [9.17, 15) is 0 Å². The number of rotatable bonds is 4. The Morgan fingerprint density at radius 2 is 1.90 bits per heavy atom. The molecule has 1 heterocycles. The summed E-state index contributed by atoms with van der Waals surface area (Å²) >= 11 is 0. The van der Waals surface area contributed by atoms with Crippen molar-refractivity contribution >= 4 is 0 Å². The molecule has 0 aliphatic carbocycles. The molecule has 0 amide bonds. The molecule has 0 saturated carbocycles. The van der Waals surface area contributed by atoms with Crippen LogP contribution in [0.15, 0.2) is 24.3 Å². The largest absolute Gasteiger partial charge is 0.378 e. The monoisotopic (exact) mass is 275 g/mol. The minimum absolute atomic E-state index is 0.218. The molecule has 112 valence electrons. The van der Waals surface area contributed by atoms with E-state index in [1.165, 1.54) is 11.1 Å². The summed E-state index contributed by atoms with van der Waals surface area (Å²) in [6.45, 7) is 13.1. The standard InChI is InChI=1S/C18H29NO/c1-6-19-17(16-11-12-20-13(16)2)14-7-9-15(10-8-14)18(3,4)5/h7-10,13,16-17,19H,6,11-12H2,1-5H3.